The van der Waals surface area contributed by atoms with E-state index in [1.165, 1.54) is 17.4 Å². The summed E-state index contributed by atoms with van der Waals surface area (Å²) in [6.45, 7) is 3.90. The van der Waals surface area contributed by atoms with Crippen molar-refractivity contribution in [1.29, 1.82) is 0 Å². The van der Waals surface area contributed by atoms with E-state index < -0.39 is 15.4 Å². The second-order valence-corrected chi connectivity index (χ2v) is 10.2. The minimum Gasteiger partial charge on any atom is -0.345 e. The van der Waals surface area contributed by atoms with Gasteiger partial charge in [-0.25, -0.2) is 8.42 Å². The fraction of sp³-hybridized carbons (Fsp3) is 0.632. The smallest absolute Gasteiger partial charge is 0.244 e. The molecule has 0 aliphatic carbocycles. The van der Waals surface area contributed by atoms with Crippen LogP contribution in [0.4, 0.5) is 0 Å². The highest BCUT2D eigenvalue weighted by atomic mass is 32.2. The van der Waals surface area contributed by atoms with Crippen molar-refractivity contribution in [3.8, 4) is 0 Å². The summed E-state index contributed by atoms with van der Waals surface area (Å²) in [6, 6.07) is 3.17. The highest BCUT2D eigenvalue weighted by Gasteiger charge is 2.65. The average Bonchev–Trinajstić information content (AvgIpc) is 3.16. The monoisotopic (exact) mass is 406 g/mol. The molecule has 3 saturated heterocycles. The van der Waals surface area contributed by atoms with Crippen LogP contribution in [0.5, 0.6) is 0 Å². The number of nitrogens with zero attached hydrogens (tertiary/aromatic N) is 4. The standard InChI is InChI=1S/C19H26N4O4S/c1-15(24)22-13-18(19(14-22)7-9-21(2)17(19)25)5-10-23(11-6-18)28(26,27)16-4-3-8-20-12-16/h3-4,8,12H,5-7,9-11,13-14H2,1-2H3. The van der Waals surface area contributed by atoms with Crippen LogP contribution in [-0.4, -0.2) is 79.1 Å². The van der Waals surface area contributed by atoms with Gasteiger partial charge >= 0.3 is 0 Å². The molecule has 0 radical (unpaired) electrons. The Hall–Kier alpha value is -2.00. The molecule has 3 fully saturated rings. The van der Waals surface area contributed by atoms with E-state index in [9.17, 15) is 18.0 Å². The summed E-state index contributed by atoms with van der Waals surface area (Å²) in [5.41, 5.74) is -0.945. The van der Waals surface area contributed by atoms with Gasteiger partial charge in [0.05, 0.1) is 5.41 Å². The molecular weight excluding hydrogens is 380 g/mol. The van der Waals surface area contributed by atoms with Crippen LogP contribution in [0.3, 0.4) is 0 Å². The van der Waals surface area contributed by atoms with Crippen molar-refractivity contribution >= 4 is 21.8 Å². The zero-order chi connectivity index (χ0) is 20.2. The van der Waals surface area contributed by atoms with Crippen LogP contribution in [0.15, 0.2) is 29.4 Å². The van der Waals surface area contributed by atoms with E-state index in [-0.39, 0.29) is 22.1 Å². The molecule has 1 unspecified atom stereocenters. The lowest BCUT2D eigenvalue weighted by Gasteiger charge is -2.46. The number of pyridine rings is 1. The molecule has 2 amide bonds. The number of rotatable bonds is 2. The molecule has 9 heteroatoms. The number of likely N-dealkylation sites (tertiary alicyclic amines) is 2. The Morgan fingerprint density at radius 3 is 2.39 bits per heavy atom. The largest absolute Gasteiger partial charge is 0.345 e. The Kier molecular flexibility index (Phi) is 4.50. The van der Waals surface area contributed by atoms with Gasteiger partial charge in [-0.15, -0.1) is 0 Å². The van der Waals surface area contributed by atoms with Gasteiger partial charge in [-0.1, -0.05) is 0 Å². The molecular formula is C19H26N4O4S. The van der Waals surface area contributed by atoms with Crippen molar-refractivity contribution in [3.05, 3.63) is 24.5 Å². The molecule has 2 spiro atoms. The molecule has 28 heavy (non-hydrogen) atoms. The predicted octanol–water partition coefficient (Wildman–Crippen LogP) is 0.563. The highest BCUT2D eigenvalue weighted by molar-refractivity contribution is 7.89. The lowest BCUT2D eigenvalue weighted by molar-refractivity contribution is -0.140. The summed E-state index contributed by atoms with van der Waals surface area (Å²) in [5, 5.41) is 0. The molecule has 0 saturated carbocycles. The van der Waals surface area contributed by atoms with E-state index in [4.69, 9.17) is 0 Å². The number of aromatic nitrogens is 1. The Morgan fingerprint density at radius 2 is 1.86 bits per heavy atom. The molecule has 0 bridgehead atoms. The number of hydrogen-bond donors (Lipinski definition) is 0. The first-order valence-electron chi connectivity index (χ1n) is 9.63. The van der Waals surface area contributed by atoms with Gasteiger partial charge in [-0.2, -0.15) is 4.31 Å². The van der Waals surface area contributed by atoms with Crippen molar-refractivity contribution in [2.45, 2.75) is 31.1 Å². The third kappa shape index (κ3) is 2.67. The summed E-state index contributed by atoms with van der Waals surface area (Å²) >= 11 is 0. The quantitative estimate of drug-likeness (QED) is 0.716. The number of carbonyl (C=O) groups is 2. The second kappa shape index (κ2) is 6.52. The Morgan fingerprint density at radius 1 is 1.14 bits per heavy atom. The Labute approximate surface area is 165 Å². The van der Waals surface area contributed by atoms with Crippen LogP contribution in [-0.2, 0) is 19.6 Å². The summed E-state index contributed by atoms with van der Waals surface area (Å²) in [5.74, 6) is 0.0730. The van der Waals surface area contributed by atoms with Crippen LogP contribution in [0, 0.1) is 10.8 Å². The third-order valence-electron chi connectivity index (χ3n) is 7.00. The first-order valence-corrected chi connectivity index (χ1v) is 11.1. The van der Waals surface area contributed by atoms with E-state index in [1.54, 1.807) is 28.1 Å². The van der Waals surface area contributed by atoms with Gasteiger partial charge in [0.1, 0.15) is 4.90 Å². The van der Waals surface area contributed by atoms with Crippen molar-refractivity contribution < 1.29 is 18.0 Å². The molecule has 0 aromatic carbocycles. The molecule has 152 valence electrons. The molecule has 3 aliphatic rings. The fourth-order valence-electron chi connectivity index (χ4n) is 5.30. The second-order valence-electron chi connectivity index (χ2n) is 8.31. The first-order chi connectivity index (χ1) is 13.2. The van der Waals surface area contributed by atoms with E-state index >= 15 is 0 Å². The van der Waals surface area contributed by atoms with Crippen molar-refractivity contribution in [2.24, 2.45) is 10.8 Å². The van der Waals surface area contributed by atoms with Gasteiger partial charge in [0.2, 0.25) is 21.8 Å². The van der Waals surface area contributed by atoms with E-state index in [0.29, 0.717) is 45.6 Å². The summed E-state index contributed by atoms with van der Waals surface area (Å²) in [7, 11) is -1.79. The maximum absolute atomic E-state index is 13.1. The summed E-state index contributed by atoms with van der Waals surface area (Å²) < 4.78 is 27.4. The van der Waals surface area contributed by atoms with Crippen LogP contribution < -0.4 is 0 Å². The SMILES string of the molecule is CC(=O)N1CC2(CCN(S(=O)(=O)c3cccnc3)CC2)C2(CCN(C)C2=O)C1. The van der Waals surface area contributed by atoms with Gasteiger partial charge in [-0.3, -0.25) is 14.6 Å². The molecule has 4 rings (SSSR count). The van der Waals surface area contributed by atoms with Crippen molar-refractivity contribution in [2.75, 3.05) is 39.8 Å². The van der Waals surface area contributed by atoms with Crippen LogP contribution in [0.1, 0.15) is 26.2 Å². The normalized spacial score (nSPS) is 27.9. The van der Waals surface area contributed by atoms with Crippen LogP contribution >= 0.6 is 0 Å². The number of hydrogen-bond acceptors (Lipinski definition) is 5. The molecule has 4 heterocycles. The Balaban J connectivity index is 1.61. The van der Waals surface area contributed by atoms with Crippen molar-refractivity contribution in [1.82, 2.24) is 19.1 Å². The minimum absolute atomic E-state index is 0.0241. The predicted molar refractivity (Wildman–Crippen MR) is 102 cm³/mol. The average molecular weight is 407 g/mol. The maximum Gasteiger partial charge on any atom is 0.244 e. The number of sulfonamides is 1. The van der Waals surface area contributed by atoms with Gasteiger partial charge < -0.3 is 9.80 Å². The molecule has 1 aromatic rings. The van der Waals surface area contributed by atoms with E-state index in [0.717, 1.165) is 6.42 Å². The highest BCUT2D eigenvalue weighted by Crippen LogP contribution is 2.57. The maximum atomic E-state index is 13.1. The molecule has 0 N–H and O–H groups in total. The van der Waals surface area contributed by atoms with E-state index in [1.807, 2.05) is 7.05 Å². The summed E-state index contributed by atoms with van der Waals surface area (Å²) in [4.78, 5) is 32.9. The number of amides is 2. The molecule has 1 atom stereocenters. The molecule has 3 aliphatic heterocycles. The van der Waals surface area contributed by atoms with Gasteiger partial charge in [0, 0.05) is 64.5 Å². The van der Waals surface area contributed by atoms with Gasteiger partial charge in [-0.05, 0) is 31.4 Å². The zero-order valence-electron chi connectivity index (χ0n) is 16.3. The lowest BCUT2D eigenvalue weighted by Crippen LogP contribution is -2.53. The van der Waals surface area contributed by atoms with Crippen LogP contribution in [0.2, 0.25) is 0 Å². The van der Waals surface area contributed by atoms with Crippen LogP contribution in [0.25, 0.3) is 0 Å². The fourth-order valence-corrected chi connectivity index (χ4v) is 6.71. The Bertz CT molecular complexity index is 896. The molecule has 8 nitrogen and oxygen atoms in total. The third-order valence-corrected chi connectivity index (χ3v) is 8.88. The van der Waals surface area contributed by atoms with Gasteiger partial charge in [0.15, 0.2) is 0 Å². The number of carbonyl (C=O) groups excluding carboxylic acids is 2. The summed E-state index contributed by atoms with van der Waals surface area (Å²) in [6.07, 6.45) is 4.79. The minimum atomic E-state index is -3.60. The molecule has 1 aromatic heterocycles. The van der Waals surface area contributed by atoms with Gasteiger partial charge in [0.25, 0.3) is 0 Å². The van der Waals surface area contributed by atoms with Crippen molar-refractivity contribution in [3.63, 3.8) is 0 Å². The number of piperidine rings is 1. The van der Waals surface area contributed by atoms with E-state index in [2.05, 4.69) is 4.98 Å². The topological polar surface area (TPSA) is 90.9 Å². The first kappa shape index (κ1) is 19.3. The lowest BCUT2D eigenvalue weighted by atomic mass is 9.60. The number of fused-ring (bicyclic) bond motifs is 1. The zero-order valence-corrected chi connectivity index (χ0v) is 17.1.